The smallest absolute Gasteiger partial charge is 0.163 e. The van der Waals surface area contributed by atoms with Gasteiger partial charge < -0.3 is 5.32 Å². The highest BCUT2D eigenvalue weighted by Crippen LogP contribution is 2.14. The number of nitrogens with one attached hydrogen (secondary N) is 1. The lowest BCUT2D eigenvalue weighted by Gasteiger charge is -2.26. The van der Waals surface area contributed by atoms with Crippen LogP contribution in [0.3, 0.4) is 0 Å². The van der Waals surface area contributed by atoms with Crippen LogP contribution < -0.4 is 5.32 Å². The van der Waals surface area contributed by atoms with E-state index in [0.29, 0.717) is 12.3 Å². The molecule has 1 N–H and O–H groups in total. The van der Waals surface area contributed by atoms with Gasteiger partial charge in [0, 0.05) is 12.0 Å². The van der Waals surface area contributed by atoms with E-state index < -0.39 is 0 Å². The minimum absolute atomic E-state index is 0.282. The largest absolute Gasteiger partial charge is 0.316 e. The fraction of sp³-hybridized carbons (Fsp3) is 0.462. The Hall–Kier alpha value is -1.15. The molecule has 2 rings (SSSR count). The maximum absolute atomic E-state index is 11.8. The monoisotopic (exact) mass is 203 g/mol. The first kappa shape index (κ1) is 10.4. The van der Waals surface area contributed by atoms with Gasteiger partial charge in [0.2, 0.25) is 0 Å². The third-order valence-electron chi connectivity index (χ3n) is 3.02. The number of ketones is 1. The maximum atomic E-state index is 11.8. The van der Waals surface area contributed by atoms with Gasteiger partial charge in [0.15, 0.2) is 5.78 Å². The normalized spacial score (nSPS) is 16.1. The Morgan fingerprint density at radius 3 is 2.47 bits per heavy atom. The molecule has 1 aromatic rings. The SMILES string of the molecule is CCc1ccc(C(=O)CC2CNC2)cc1. The van der Waals surface area contributed by atoms with E-state index in [1.807, 2.05) is 24.3 Å². The van der Waals surface area contributed by atoms with Crippen LogP contribution in [0.1, 0.15) is 29.3 Å². The second kappa shape index (κ2) is 4.58. The van der Waals surface area contributed by atoms with Gasteiger partial charge in [0.1, 0.15) is 0 Å². The van der Waals surface area contributed by atoms with E-state index in [0.717, 1.165) is 25.1 Å². The molecule has 1 aromatic carbocycles. The summed E-state index contributed by atoms with van der Waals surface area (Å²) in [6.45, 7) is 4.12. The summed E-state index contributed by atoms with van der Waals surface area (Å²) in [6, 6.07) is 8.00. The second-order valence-electron chi connectivity index (χ2n) is 4.20. The second-order valence-corrected chi connectivity index (χ2v) is 4.20. The molecule has 0 radical (unpaired) electrons. The van der Waals surface area contributed by atoms with Crippen LogP contribution in [-0.2, 0) is 6.42 Å². The number of benzene rings is 1. The standard InChI is InChI=1S/C13H17NO/c1-2-10-3-5-12(6-4-10)13(15)7-11-8-14-9-11/h3-6,11,14H,2,7-9H2,1H3. The molecule has 1 heterocycles. The summed E-state index contributed by atoms with van der Waals surface area (Å²) in [6.07, 6.45) is 1.72. The van der Waals surface area contributed by atoms with E-state index >= 15 is 0 Å². The predicted molar refractivity (Wildman–Crippen MR) is 61.1 cm³/mol. The number of aryl methyl sites for hydroxylation is 1. The van der Waals surface area contributed by atoms with Gasteiger partial charge in [0.25, 0.3) is 0 Å². The van der Waals surface area contributed by atoms with Gasteiger partial charge in [-0.3, -0.25) is 4.79 Å². The molecule has 0 unspecified atom stereocenters. The zero-order valence-electron chi connectivity index (χ0n) is 9.12. The molecule has 2 heteroatoms. The van der Waals surface area contributed by atoms with Crippen molar-refractivity contribution in [1.29, 1.82) is 0 Å². The van der Waals surface area contributed by atoms with E-state index in [1.165, 1.54) is 5.56 Å². The number of Topliss-reactive ketones (excluding diaryl/α,β-unsaturated/α-hetero) is 1. The van der Waals surface area contributed by atoms with Crippen molar-refractivity contribution in [2.24, 2.45) is 5.92 Å². The maximum Gasteiger partial charge on any atom is 0.163 e. The van der Waals surface area contributed by atoms with Gasteiger partial charge in [-0.25, -0.2) is 0 Å². The van der Waals surface area contributed by atoms with Gasteiger partial charge in [-0.2, -0.15) is 0 Å². The minimum Gasteiger partial charge on any atom is -0.316 e. The zero-order valence-corrected chi connectivity index (χ0v) is 9.12. The Kier molecular flexibility index (Phi) is 3.17. The van der Waals surface area contributed by atoms with Gasteiger partial charge in [-0.15, -0.1) is 0 Å². The summed E-state index contributed by atoms with van der Waals surface area (Å²) < 4.78 is 0. The third kappa shape index (κ3) is 2.45. The van der Waals surface area contributed by atoms with Crippen LogP contribution in [0.15, 0.2) is 24.3 Å². The van der Waals surface area contributed by atoms with E-state index in [-0.39, 0.29) is 5.78 Å². The molecule has 0 spiro atoms. The summed E-state index contributed by atoms with van der Waals surface area (Å²) >= 11 is 0. The van der Waals surface area contributed by atoms with Crippen molar-refractivity contribution >= 4 is 5.78 Å². The van der Waals surface area contributed by atoms with Crippen LogP contribution in [0.25, 0.3) is 0 Å². The molecule has 0 atom stereocenters. The Labute approximate surface area is 90.7 Å². The third-order valence-corrected chi connectivity index (χ3v) is 3.02. The lowest BCUT2D eigenvalue weighted by Crippen LogP contribution is -2.42. The summed E-state index contributed by atoms with van der Waals surface area (Å²) in [5.41, 5.74) is 2.15. The number of carbonyl (C=O) groups excluding carboxylic acids is 1. The van der Waals surface area contributed by atoms with Crippen molar-refractivity contribution in [3.05, 3.63) is 35.4 Å². The quantitative estimate of drug-likeness (QED) is 0.759. The molecule has 1 fully saturated rings. The summed E-state index contributed by atoms with van der Waals surface area (Å²) in [5, 5.41) is 3.18. The highest BCUT2D eigenvalue weighted by atomic mass is 16.1. The van der Waals surface area contributed by atoms with Crippen LogP contribution in [-0.4, -0.2) is 18.9 Å². The van der Waals surface area contributed by atoms with Crippen LogP contribution in [0, 0.1) is 5.92 Å². The fourth-order valence-corrected chi connectivity index (χ4v) is 1.80. The lowest BCUT2D eigenvalue weighted by atomic mass is 9.93. The van der Waals surface area contributed by atoms with Crippen molar-refractivity contribution in [2.75, 3.05) is 13.1 Å². The molecule has 2 nitrogen and oxygen atoms in total. The summed E-state index contributed by atoms with van der Waals surface area (Å²) in [7, 11) is 0. The first-order valence-electron chi connectivity index (χ1n) is 5.62. The average molecular weight is 203 g/mol. The van der Waals surface area contributed by atoms with Gasteiger partial charge in [-0.1, -0.05) is 31.2 Å². The van der Waals surface area contributed by atoms with Gasteiger partial charge in [-0.05, 0) is 31.0 Å². The van der Waals surface area contributed by atoms with Crippen LogP contribution in [0.4, 0.5) is 0 Å². The number of hydrogen-bond donors (Lipinski definition) is 1. The fourth-order valence-electron chi connectivity index (χ4n) is 1.80. The molecule has 1 aliphatic heterocycles. The van der Waals surface area contributed by atoms with Gasteiger partial charge in [0.05, 0.1) is 0 Å². The van der Waals surface area contributed by atoms with Crippen molar-refractivity contribution in [3.63, 3.8) is 0 Å². The van der Waals surface area contributed by atoms with Crippen LogP contribution >= 0.6 is 0 Å². The van der Waals surface area contributed by atoms with Crippen LogP contribution in [0.5, 0.6) is 0 Å². The molecule has 80 valence electrons. The predicted octanol–water partition coefficient (Wildman–Crippen LogP) is 2.04. The van der Waals surface area contributed by atoms with E-state index in [9.17, 15) is 4.79 Å². The molecule has 0 aliphatic carbocycles. The molecular weight excluding hydrogens is 186 g/mol. The summed E-state index contributed by atoms with van der Waals surface area (Å²) in [5.74, 6) is 0.840. The number of rotatable bonds is 4. The van der Waals surface area contributed by atoms with Crippen molar-refractivity contribution in [2.45, 2.75) is 19.8 Å². The highest BCUT2D eigenvalue weighted by molar-refractivity contribution is 5.96. The topological polar surface area (TPSA) is 29.1 Å². The van der Waals surface area contributed by atoms with Crippen molar-refractivity contribution in [3.8, 4) is 0 Å². The van der Waals surface area contributed by atoms with Crippen molar-refractivity contribution < 1.29 is 4.79 Å². The Morgan fingerprint density at radius 1 is 1.33 bits per heavy atom. The molecule has 1 aliphatic rings. The molecule has 15 heavy (non-hydrogen) atoms. The van der Waals surface area contributed by atoms with E-state index in [1.54, 1.807) is 0 Å². The lowest BCUT2D eigenvalue weighted by molar-refractivity contribution is 0.0945. The van der Waals surface area contributed by atoms with Crippen molar-refractivity contribution in [1.82, 2.24) is 5.32 Å². The molecule has 1 saturated heterocycles. The Balaban J connectivity index is 1.98. The molecule has 0 aromatic heterocycles. The zero-order chi connectivity index (χ0) is 10.7. The number of carbonyl (C=O) groups is 1. The highest BCUT2D eigenvalue weighted by Gasteiger charge is 2.20. The molecule has 0 amide bonds. The Bertz CT molecular complexity index is 338. The van der Waals surface area contributed by atoms with Crippen LogP contribution in [0.2, 0.25) is 0 Å². The van der Waals surface area contributed by atoms with E-state index in [4.69, 9.17) is 0 Å². The molecule has 0 saturated carbocycles. The number of hydrogen-bond acceptors (Lipinski definition) is 2. The minimum atomic E-state index is 0.282. The summed E-state index contributed by atoms with van der Waals surface area (Å²) in [4.78, 5) is 11.8. The van der Waals surface area contributed by atoms with E-state index in [2.05, 4.69) is 12.2 Å². The van der Waals surface area contributed by atoms with Gasteiger partial charge >= 0.3 is 0 Å². The average Bonchev–Trinajstić information content (AvgIpc) is 2.23. The molecular formula is C13H17NO. The Morgan fingerprint density at radius 2 is 2.00 bits per heavy atom. The first-order chi connectivity index (χ1) is 7.29. The first-order valence-corrected chi connectivity index (χ1v) is 5.62. The molecule has 0 bridgehead atoms.